The Morgan fingerprint density at radius 1 is 1.29 bits per heavy atom. The predicted molar refractivity (Wildman–Crippen MR) is 66.3 cm³/mol. The molecule has 0 aliphatic heterocycles. The predicted octanol–water partition coefficient (Wildman–Crippen LogP) is 1.95. The Bertz CT molecular complexity index is 514. The number of benzene rings is 1. The van der Waals surface area contributed by atoms with Crippen LogP contribution in [0.1, 0.15) is 12.1 Å². The van der Waals surface area contributed by atoms with Gasteiger partial charge in [-0.25, -0.2) is 0 Å². The molecule has 4 heteroatoms. The highest BCUT2D eigenvalue weighted by Crippen LogP contribution is 2.08. The summed E-state index contributed by atoms with van der Waals surface area (Å²) in [5.41, 5.74) is 0.904. The van der Waals surface area contributed by atoms with E-state index >= 15 is 0 Å². The zero-order valence-electron chi connectivity index (χ0n) is 9.85. The molecule has 0 saturated heterocycles. The van der Waals surface area contributed by atoms with Crippen LogP contribution in [-0.4, -0.2) is 16.4 Å². The molecule has 0 unspecified atom stereocenters. The third-order valence-electron chi connectivity index (χ3n) is 2.46. The first-order valence-electron chi connectivity index (χ1n) is 5.70. The fraction of sp³-hybridized carbons (Fsp3) is 0.308. The lowest BCUT2D eigenvalue weighted by Gasteiger charge is -2.05. The van der Waals surface area contributed by atoms with Crippen molar-refractivity contribution in [1.82, 2.24) is 9.78 Å². The standard InChI is InChI=1S/C13H16N2O2/c1-11-10-13(16)15(14-11)8-5-9-17-12-6-3-2-4-7-12/h2-4,6-7,10,14H,5,8-9H2,1H3. The minimum Gasteiger partial charge on any atom is -0.494 e. The average Bonchev–Trinajstić information content (AvgIpc) is 2.65. The number of aromatic nitrogens is 2. The Kier molecular flexibility index (Phi) is 3.65. The van der Waals surface area contributed by atoms with Gasteiger partial charge in [-0.15, -0.1) is 0 Å². The number of para-hydroxylation sites is 1. The third kappa shape index (κ3) is 3.24. The first-order valence-corrected chi connectivity index (χ1v) is 5.70. The number of aromatic amines is 1. The lowest BCUT2D eigenvalue weighted by atomic mass is 10.3. The van der Waals surface area contributed by atoms with E-state index in [-0.39, 0.29) is 5.56 Å². The molecule has 0 spiro atoms. The second-order valence-electron chi connectivity index (χ2n) is 3.94. The number of hydrogen-bond donors (Lipinski definition) is 1. The van der Waals surface area contributed by atoms with Crippen LogP contribution in [0.5, 0.6) is 5.75 Å². The van der Waals surface area contributed by atoms with E-state index in [0.29, 0.717) is 13.2 Å². The average molecular weight is 232 g/mol. The molecule has 2 rings (SSSR count). The molecule has 0 amide bonds. The Labute approximate surface area is 99.8 Å². The van der Waals surface area contributed by atoms with Crippen molar-refractivity contribution in [1.29, 1.82) is 0 Å². The van der Waals surface area contributed by atoms with Gasteiger partial charge < -0.3 is 9.84 Å². The van der Waals surface area contributed by atoms with Crippen LogP contribution in [0.15, 0.2) is 41.2 Å². The molecular weight excluding hydrogens is 216 g/mol. The molecule has 90 valence electrons. The van der Waals surface area contributed by atoms with E-state index in [9.17, 15) is 4.79 Å². The summed E-state index contributed by atoms with van der Waals surface area (Å²) in [5, 5.41) is 2.99. The molecule has 0 bridgehead atoms. The van der Waals surface area contributed by atoms with Gasteiger partial charge in [-0.05, 0) is 19.1 Å². The number of aryl methyl sites for hydroxylation is 2. The van der Waals surface area contributed by atoms with Crippen LogP contribution in [0.4, 0.5) is 0 Å². The highest BCUT2D eigenvalue weighted by atomic mass is 16.5. The van der Waals surface area contributed by atoms with Crippen LogP contribution >= 0.6 is 0 Å². The van der Waals surface area contributed by atoms with Crippen molar-refractivity contribution < 1.29 is 4.74 Å². The van der Waals surface area contributed by atoms with Crippen molar-refractivity contribution in [2.24, 2.45) is 0 Å². The van der Waals surface area contributed by atoms with E-state index in [2.05, 4.69) is 5.10 Å². The summed E-state index contributed by atoms with van der Waals surface area (Å²) in [5.74, 6) is 0.863. The Hall–Kier alpha value is -1.97. The van der Waals surface area contributed by atoms with Crippen molar-refractivity contribution in [2.75, 3.05) is 6.61 Å². The highest BCUT2D eigenvalue weighted by molar-refractivity contribution is 5.20. The summed E-state index contributed by atoms with van der Waals surface area (Å²) >= 11 is 0. The first-order chi connectivity index (χ1) is 8.25. The van der Waals surface area contributed by atoms with Crippen molar-refractivity contribution >= 4 is 0 Å². The van der Waals surface area contributed by atoms with Gasteiger partial charge in [-0.1, -0.05) is 18.2 Å². The molecule has 0 atom stereocenters. The topological polar surface area (TPSA) is 47.0 Å². The van der Waals surface area contributed by atoms with Crippen molar-refractivity contribution in [3.05, 3.63) is 52.4 Å². The van der Waals surface area contributed by atoms with Gasteiger partial charge in [0.15, 0.2) is 0 Å². The van der Waals surface area contributed by atoms with E-state index in [4.69, 9.17) is 4.74 Å². The second-order valence-corrected chi connectivity index (χ2v) is 3.94. The van der Waals surface area contributed by atoms with Crippen LogP contribution in [0.25, 0.3) is 0 Å². The second kappa shape index (κ2) is 5.39. The molecule has 4 nitrogen and oxygen atoms in total. The molecule has 1 aromatic heterocycles. The fourth-order valence-electron chi connectivity index (χ4n) is 1.66. The summed E-state index contributed by atoms with van der Waals surface area (Å²) < 4.78 is 7.15. The Balaban J connectivity index is 1.77. The number of nitrogens with zero attached hydrogens (tertiary/aromatic N) is 1. The molecule has 17 heavy (non-hydrogen) atoms. The number of H-pyrrole nitrogens is 1. The maximum atomic E-state index is 11.4. The normalized spacial score (nSPS) is 10.4. The maximum absolute atomic E-state index is 11.4. The van der Waals surface area contributed by atoms with E-state index in [1.54, 1.807) is 10.7 Å². The monoisotopic (exact) mass is 232 g/mol. The van der Waals surface area contributed by atoms with Crippen molar-refractivity contribution in [2.45, 2.75) is 19.9 Å². The van der Waals surface area contributed by atoms with Crippen LogP contribution in [-0.2, 0) is 6.54 Å². The van der Waals surface area contributed by atoms with E-state index in [1.165, 1.54) is 0 Å². The minimum absolute atomic E-state index is 0.0159. The van der Waals surface area contributed by atoms with Crippen molar-refractivity contribution in [3.63, 3.8) is 0 Å². The molecule has 0 aliphatic rings. The van der Waals surface area contributed by atoms with Crippen LogP contribution in [0.3, 0.4) is 0 Å². The Morgan fingerprint density at radius 3 is 2.71 bits per heavy atom. The molecular formula is C13H16N2O2. The Morgan fingerprint density at radius 2 is 2.06 bits per heavy atom. The third-order valence-corrected chi connectivity index (χ3v) is 2.46. The van der Waals surface area contributed by atoms with Gasteiger partial charge in [0.2, 0.25) is 0 Å². The summed E-state index contributed by atoms with van der Waals surface area (Å²) in [6.45, 7) is 3.13. The highest BCUT2D eigenvalue weighted by Gasteiger charge is 1.99. The molecule has 0 radical (unpaired) electrons. The summed E-state index contributed by atoms with van der Waals surface area (Å²) in [6.07, 6.45) is 0.800. The van der Waals surface area contributed by atoms with E-state index in [1.807, 2.05) is 37.3 Å². The molecule has 1 N–H and O–H groups in total. The number of hydrogen-bond acceptors (Lipinski definition) is 2. The largest absolute Gasteiger partial charge is 0.494 e. The quantitative estimate of drug-likeness (QED) is 0.801. The summed E-state index contributed by atoms with van der Waals surface area (Å²) in [4.78, 5) is 11.4. The van der Waals surface area contributed by atoms with Crippen LogP contribution < -0.4 is 10.3 Å². The van der Waals surface area contributed by atoms with Gasteiger partial charge in [0.1, 0.15) is 5.75 Å². The van der Waals surface area contributed by atoms with E-state index < -0.39 is 0 Å². The maximum Gasteiger partial charge on any atom is 0.266 e. The molecule has 0 fully saturated rings. The smallest absolute Gasteiger partial charge is 0.266 e. The lowest BCUT2D eigenvalue weighted by molar-refractivity contribution is 0.297. The number of nitrogens with one attached hydrogen (secondary N) is 1. The molecule has 0 aliphatic carbocycles. The van der Waals surface area contributed by atoms with Crippen molar-refractivity contribution in [3.8, 4) is 5.75 Å². The summed E-state index contributed by atoms with van der Waals surface area (Å²) in [7, 11) is 0. The molecule has 1 heterocycles. The van der Waals surface area contributed by atoms with Gasteiger partial charge in [-0.2, -0.15) is 0 Å². The van der Waals surface area contributed by atoms with Crippen LogP contribution in [0.2, 0.25) is 0 Å². The van der Waals surface area contributed by atoms with Crippen LogP contribution in [0, 0.1) is 6.92 Å². The summed E-state index contributed by atoms with van der Waals surface area (Å²) in [6, 6.07) is 11.3. The zero-order valence-corrected chi connectivity index (χ0v) is 9.85. The van der Waals surface area contributed by atoms with E-state index in [0.717, 1.165) is 17.9 Å². The lowest BCUT2D eigenvalue weighted by Crippen LogP contribution is -2.17. The van der Waals surface area contributed by atoms with Gasteiger partial charge in [0, 0.05) is 24.7 Å². The SMILES string of the molecule is Cc1cc(=O)n(CCCOc2ccccc2)[nH]1. The number of ether oxygens (including phenoxy) is 1. The van der Waals surface area contributed by atoms with Gasteiger partial charge in [0.25, 0.3) is 5.56 Å². The van der Waals surface area contributed by atoms with Gasteiger partial charge in [-0.3, -0.25) is 9.48 Å². The van der Waals surface area contributed by atoms with Gasteiger partial charge in [0.05, 0.1) is 6.61 Å². The molecule has 1 aromatic carbocycles. The first kappa shape index (κ1) is 11.5. The van der Waals surface area contributed by atoms with Gasteiger partial charge >= 0.3 is 0 Å². The molecule has 0 saturated carbocycles. The minimum atomic E-state index is 0.0159. The fourth-order valence-corrected chi connectivity index (χ4v) is 1.66. The molecule has 2 aromatic rings. The zero-order chi connectivity index (χ0) is 12.1. The number of rotatable bonds is 5.